The van der Waals surface area contributed by atoms with E-state index in [1.54, 1.807) is 30.3 Å². The first-order chi connectivity index (χ1) is 15.3. The third-order valence-electron chi connectivity index (χ3n) is 5.13. The zero-order valence-corrected chi connectivity index (χ0v) is 19.3. The second-order valence-corrected chi connectivity index (χ2v) is 8.17. The number of aryl methyl sites for hydroxylation is 1. The van der Waals surface area contributed by atoms with Gasteiger partial charge in [-0.2, -0.15) is 0 Å². The number of esters is 2. The molecule has 1 N–H and O–H groups in total. The van der Waals surface area contributed by atoms with Crippen molar-refractivity contribution in [1.29, 1.82) is 0 Å². The van der Waals surface area contributed by atoms with Gasteiger partial charge in [0.2, 0.25) is 5.91 Å². The van der Waals surface area contributed by atoms with E-state index < -0.39 is 30.4 Å². The van der Waals surface area contributed by atoms with Crippen LogP contribution in [0.4, 0.5) is 11.4 Å². The number of halogens is 1. The van der Waals surface area contributed by atoms with Crippen LogP contribution in [0.1, 0.15) is 29.3 Å². The Kier molecular flexibility index (Phi) is 7.63. The number of benzene rings is 2. The van der Waals surface area contributed by atoms with Gasteiger partial charge in [0.05, 0.1) is 18.6 Å². The Hall–Kier alpha value is -3.20. The highest BCUT2D eigenvalue weighted by molar-refractivity contribution is 9.10. The van der Waals surface area contributed by atoms with Crippen LogP contribution in [-0.4, -0.2) is 44.0 Å². The normalized spacial score (nSPS) is 15.4. The van der Waals surface area contributed by atoms with Crippen molar-refractivity contribution in [2.45, 2.75) is 19.8 Å². The summed E-state index contributed by atoms with van der Waals surface area (Å²) in [7, 11) is 1.29. The first-order valence-electron chi connectivity index (χ1n) is 10.1. The van der Waals surface area contributed by atoms with Gasteiger partial charge in [0.25, 0.3) is 5.91 Å². The minimum absolute atomic E-state index is 0.00804. The van der Waals surface area contributed by atoms with E-state index in [-0.39, 0.29) is 18.9 Å². The number of nitrogens with one attached hydrogen (secondary N) is 1. The molecular formula is C23H23BrN2O6. The van der Waals surface area contributed by atoms with E-state index >= 15 is 0 Å². The van der Waals surface area contributed by atoms with Crippen molar-refractivity contribution in [3.8, 4) is 0 Å². The average molecular weight is 503 g/mol. The molecule has 1 aliphatic heterocycles. The van der Waals surface area contributed by atoms with E-state index in [2.05, 4.69) is 26.0 Å². The van der Waals surface area contributed by atoms with E-state index in [4.69, 9.17) is 4.74 Å². The molecule has 0 saturated carbocycles. The lowest BCUT2D eigenvalue weighted by Gasteiger charge is -2.17. The highest BCUT2D eigenvalue weighted by atomic mass is 79.9. The Balaban J connectivity index is 1.54. The molecule has 0 spiro atoms. The maximum absolute atomic E-state index is 12.4. The Labute approximate surface area is 194 Å². The lowest BCUT2D eigenvalue weighted by molar-refractivity contribution is -0.151. The SMILES string of the molecule is CCc1cc(Br)ccc1NC(=O)COC(=O)[C@@H]1CC(=O)N(c2ccc(C(=O)OC)cc2)C1. The zero-order valence-electron chi connectivity index (χ0n) is 17.7. The van der Waals surface area contributed by atoms with Crippen LogP contribution in [-0.2, 0) is 30.3 Å². The molecule has 0 radical (unpaired) electrons. The minimum Gasteiger partial charge on any atom is -0.465 e. The number of hydrogen-bond donors (Lipinski definition) is 1. The molecule has 0 aliphatic carbocycles. The second-order valence-electron chi connectivity index (χ2n) is 7.25. The fourth-order valence-corrected chi connectivity index (χ4v) is 3.84. The summed E-state index contributed by atoms with van der Waals surface area (Å²) in [5, 5.41) is 2.75. The van der Waals surface area contributed by atoms with E-state index in [1.807, 2.05) is 19.1 Å². The highest BCUT2D eigenvalue weighted by Crippen LogP contribution is 2.26. The maximum Gasteiger partial charge on any atom is 0.337 e. The molecule has 1 saturated heterocycles. The maximum atomic E-state index is 12.4. The van der Waals surface area contributed by atoms with Crippen molar-refractivity contribution in [2.75, 3.05) is 30.5 Å². The molecule has 0 unspecified atom stereocenters. The topological polar surface area (TPSA) is 102 Å². The summed E-state index contributed by atoms with van der Waals surface area (Å²) in [5.74, 6) is -2.43. The van der Waals surface area contributed by atoms with E-state index in [1.165, 1.54) is 12.0 Å². The van der Waals surface area contributed by atoms with E-state index in [0.29, 0.717) is 16.9 Å². The number of anilines is 2. The molecule has 8 nitrogen and oxygen atoms in total. The molecule has 32 heavy (non-hydrogen) atoms. The van der Waals surface area contributed by atoms with Gasteiger partial charge in [-0.25, -0.2) is 4.79 Å². The molecule has 2 amide bonds. The van der Waals surface area contributed by atoms with Crippen LogP contribution in [0.2, 0.25) is 0 Å². The quantitative estimate of drug-likeness (QED) is 0.582. The van der Waals surface area contributed by atoms with Crippen molar-refractivity contribution >= 4 is 51.1 Å². The number of methoxy groups -OCH3 is 1. The minimum atomic E-state index is -0.672. The van der Waals surface area contributed by atoms with Crippen molar-refractivity contribution in [3.63, 3.8) is 0 Å². The predicted molar refractivity (Wildman–Crippen MR) is 121 cm³/mol. The summed E-state index contributed by atoms with van der Waals surface area (Å²) in [6.45, 7) is 1.68. The number of amides is 2. The van der Waals surface area contributed by atoms with Gasteiger partial charge in [-0.15, -0.1) is 0 Å². The van der Waals surface area contributed by atoms with Crippen LogP contribution in [0.3, 0.4) is 0 Å². The van der Waals surface area contributed by atoms with Crippen LogP contribution in [0, 0.1) is 5.92 Å². The fraction of sp³-hybridized carbons (Fsp3) is 0.304. The Morgan fingerprint density at radius 1 is 1.16 bits per heavy atom. The molecular weight excluding hydrogens is 480 g/mol. The van der Waals surface area contributed by atoms with Gasteiger partial charge in [-0.1, -0.05) is 22.9 Å². The first kappa shape index (κ1) is 23.5. The Morgan fingerprint density at radius 2 is 1.88 bits per heavy atom. The summed E-state index contributed by atoms with van der Waals surface area (Å²) in [6, 6.07) is 11.9. The molecule has 0 aromatic heterocycles. The molecule has 3 rings (SSSR count). The van der Waals surface area contributed by atoms with Crippen molar-refractivity contribution < 1.29 is 28.7 Å². The Morgan fingerprint density at radius 3 is 2.53 bits per heavy atom. The van der Waals surface area contributed by atoms with Crippen LogP contribution < -0.4 is 10.2 Å². The van der Waals surface area contributed by atoms with Gasteiger partial charge in [0.1, 0.15) is 0 Å². The highest BCUT2D eigenvalue weighted by Gasteiger charge is 2.36. The van der Waals surface area contributed by atoms with Crippen molar-refractivity contribution in [1.82, 2.24) is 0 Å². The number of rotatable bonds is 7. The summed E-state index contributed by atoms with van der Waals surface area (Å²) in [5.41, 5.74) is 2.54. The van der Waals surface area contributed by atoms with Gasteiger partial charge >= 0.3 is 11.9 Å². The number of ether oxygens (including phenoxy) is 2. The third kappa shape index (κ3) is 5.53. The average Bonchev–Trinajstić information content (AvgIpc) is 3.19. The van der Waals surface area contributed by atoms with Crippen molar-refractivity contribution in [2.24, 2.45) is 5.92 Å². The van der Waals surface area contributed by atoms with Crippen LogP contribution in [0.5, 0.6) is 0 Å². The van der Waals surface area contributed by atoms with Gasteiger partial charge in [-0.05, 0) is 54.4 Å². The number of hydrogen-bond acceptors (Lipinski definition) is 6. The number of nitrogens with zero attached hydrogens (tertiary/aromatic N) is 1. The summed E-state index contributed by atoms with van der Waals surface area (Å²) in [6.07, 6.45) is 0.724. The molecule has 0 bridgehead atoms. The third-order valence-corrected chi connectivity index (χ3v) is 5.62. The Bertz CT molecular complexity index is 1040. The summed E-state index contributed by atoms with van der Waals surface area (Å²) in [4.78, 5) is 50.0. The van der Waals surface area contributed by atoms with E-state index in [9.17, 15) is 19.2 Å². The molecule has 1 fully saturated rings. The van der Waals surface area contributed by atoms with Crippen LogP contribution >= 0.6 is 15.9 Å². The van der Waals surface area contributed by atoms with Gasteiger partial charge in [0.15, 0.2) is 6.61 Å². The molecule has 1 aliphatic rings. The van der Waals surface area contributed by atoms with E-state index in [0.717, 1.165) is 16.5 Å². The van der Waals surface area contributed by atoms with Gasteiger partial charge in [0, 0.05) is 28.8 Å². The molecule has 9 heteroatoms. The fourth-order valence-electron chi connectivity index (χ4n) is 3.43. The first-order valence-corrected chi connectivity index (χ1v) is 10.8. The zero-order chi connectivity index (χ0) is 23.3. The number of carbonyl (C=O) groups excluding carboxylic acids is 4. The molecule has 1 atom stereocenters. The number of carbonyl (C=O) groups is 4. The lowest BCUT2D eigenvalue weighted by atomic mass is 10.1. The van der Waals surface area contributed by atoms with Gasteiger partial charge < -0.3 is 19.7 Å². The summed E-state index contributed by atoms with van der Waals surface area (Å²) >= 11 is 3.40. The second kappa shape index (κ2) is 10.4. The standard InChI is InChI=1S/C23H23BrN2O6/c1-3-14-10-17(24)6-9-19(14)25-20(27)13-32-23(30)16-11-21(28)26(12-16)18-7-4-15(5-8-18)22(29)31-2/h4-10,16H,3,11-13H2,1-2H3,(H,25,27)/t16-/m1/s1. The van der Waals surface area contributed by atoms with Gasteiger partial charge in [-0.3, -0.25) is 14.4 Å². The molecule has 1 heterocycles. The molecule has 2 aromatic rings. The summed E-state index contributed by atoms with van der Waals surface area (Å²) < 4.78 is 10.7. The monoisotopic (exact) mass is 502 g/mol. The molecule has 168 valence electrons. The van der Waals surface area contributed by atoms with Crippen molar-refractivity contribution in [3.05, 3.63) is 58.1 Å². The predicted octanol–water partition coefficient (Wildman–Crippen LogP) is 3.33. The lowest BCUT2D eigenvalue weighted by Crippen LogP contribution is -2.28. The largest absolute Gasteiger partial charge is 0.465 e. The molecule has 2 aromatic carbocycles. The van der Waals surface area contributed by atoms with Crippen LogP contribution in [0.15, 0.2) is 46.9 Å². The smallest absolute Gasteiger partial charge is 0.337 e. The van der Waals surface area contributed by atoms with Crippen LogP contribution in [0.25, 0.3) is 0 Å².